The van der Waals surface area contributed by atoms with Crippen molar-refractivity contribution in [1.29, 1.82) is 0 Å². The molecule has 2 aromatic rings. The summed E-state index contributed by atoms with van der Waals surface area (Å²) in [7, 11) is 0. The first kappa shape index (κ1) is 18.4. The Bertz CT molecular complexity index is 770. The highest BCUT2D eigenvalue weighted by molar-refractivity contribution is 5.75. The normalized spacial score (nSPS) is 14.2. The third kappa shape index (κ3) is 4.40. The van der Waals surface area contributed by atoms with Gasteiger partial charge in [0.1, 0.15) is 11.6 Å². The Morgan fingerprint density at radius 3 is 2.38 bits per heavy atom. The monoisotopic (exact) mass is 358 g/mol. The van der Waals surface area contributed by atoms with Crippen LogP contribution >= 0.6 is 0 Å². The zero-order chi connectivity index (χ0) is 18.7. The van der Waals surface area contributed by atoms with Gasteiger partial charge in [0, 0.05) is 24.5 Å². The van der Waals surface area contributed by atoms with Gasteiger partial charge in [-0.3, -0.25) is 0 Å². The molecule has 5 heteroatoms. The van der Waals surface area contributed by atoms with E-state index in [-0.39, 0.29) is 23.7 Å². The Labute approximate surface area is 153 Å². The maximum atomic E-state index is 14.1. The van der Waals surface area contributed by atoms with Gasteiger partial charge in [0.15, 0.2) is 0 Å². The molecule has 0 aliphatic heterocycles. The number of carbonyl (C=O) groups is 1. The lowest BCUT2D eigenvalue weighted by molar-refractivity contribution is 0.189. The summed E-state index contributed by atoms with van der Waals surface area (Å²) in [6.07, 6.45) is 1.96. The second kappa shape index (κ2) is 7.44. The predicted octanol–water partition coefficient (Wildman–Crippen LogP) is 4.62. The fraction of sp³-hybridized carbons (Fsp3) is 0.381. The first-order chi connectivity index (χ1) is 12.4. The third-order valence-electron chi connectivity index (χ3n) is 4.80. The van der Waals surface area contributed by atoms with Crippen molar-refractivity contribution < 1.29 is 13.6 Å². The van der Waals surface area contributed by atoms with Crippen LogP contribution in [0, 0.1) is 11.6 Å². The predicted molar refractivity (Wildman–Crippen MR) is 97.8 cm³/mol. The molecule has 0 atom stereocenters. The van der Waals surface area contributed by atoms with Gasteiger partial charge in [0.25, 0.3) is 0 Å². The minimum Gasteiger partial charge on any atom is -0.337 e. The van der Waals surface area contributed by atoms with Crippen LogP contribution in [0.3, 0.4) is 0 Å². The van der Waals surface area contributed by atoms with E-state index < -0.39 is 5.41 Å². The summed E-state index contributed by atoms with van der Waals surface area (Å²) in [4.78, 5) is 14.5. The molecular formula is C21H24F2N2O. The lowest BCUT2D eigenvalue weighted by atomic mass is 9.84. The second-order valence-corrected chi connectivity index (χ2v) is 7.51. The number of carbonyl (C=O) groups excluding carboxylic acids is 1. The fourth-order valence-electron chi connectivity index (χ4n) is 3.04. The van der Waals surface area contributed by atoms with Gasteiger partial charge in [-0.1, -0.05) is 44.2 Å². The minimum atomic E-state index is -0.522. The molecule has 0 saturated heterocycles. The van der Waals surface area contributed by atoms with Crippen molar-refractivity contribution >= 4 is 6.03 Å². The first-order valence-corrected chi connectivity index (χ1v) is 8.91. The number of nitrogens with zero attached hydrogens (tertiary/aromatic N) is 1. The number of hydrogen-bond donors (Lipinski definition) is 1. The molecule has 0 unspecified atom stereocenters. The SMILES string of the molecule is CC(C)(CNC(=O)N(Cc1ccc(F)cc1)C1CC1)c1ccccc1F. The number of benzene rings is 2. The van der Waals surface area contributed by atoms with Crippen molar-refractivity contribution in [3.8, 4) is 0 Å². The summed E-state index contributed by atoms with van der Waals surface area (Å²) in [6, 6.07) is 12.9. The Morgan fingerprint density at radius 1 is 1.12 bits per heavy atom. The number of halogens is 2. The van der Waals surface area contributed by atoms with Crippen LogP contribution in [0.1, 0.15) is 37.8 Å². The molecule has 1 aliphatic rings. The van der Waals surface area contributed by atoms with Crippen LogP contribution in [-0.2, 0) is 12.0 Å². The molecule has 2 amide bonds. The maximum absolute atomic E-state index is 14.1. The standard InChI is InChI=1S/C21H24F2N2O/c1-21(2,18-5-3-4-6-19(18)23)14-24-20(26)25(17-11-12-17)13-15-7-9-16(22)10-8-15/h3-10,17H,11-14H2,1-2H3,(H,24,26). The summed E-state index contributed by atoms with van der Waals surface area (Å²) < 4.78 is 27.1. The first-order valence-electron chi connectivity index (χ1n) is 8.91. The van der Waals surface area contributed by atoms with Gasteiger partial charge in [-0.25, -0.2) is 13.6 Å². The maximum Gasteiger partial charge on any atom is 0.317 e. The molecule has 0 aromatic heterocycles. The summed E-state index contributed by atoms with van der Waals surface area (Å²) in [5, 5.41) is 2.95. The summed E-state index contributed by atoms with van der Waals surface area (Å²) in [6.45, 7) is 4.59. The Hall–Kier alpha value is -2.43. The molecule has 0 spiro atoms. The smallest absolute Gasteiger partial charge is 0.317 e. The van der Waals surface area contributed by atoms with Crippen LogP contribution in [0.25, 0.3) is 0 Å². The number of hydrogen-bond acceptors (Lipinski definition) is 1. The zero-order valence-corrected chi connectivity index (χ0v) is 15.1. The molecule has 3 rings (SSSR count). The van der Waals surface area contributed by atoms with Crippen LogP contribution in [0.4, 0.5) is 13.6 Å². The second-order valence-electron chi connectivity index (χ2n) is 7.51. The van der Waals surface area contributed by atoms with Gasteiger partial charge in [-0.2, -0.15) is 0 Å². The van der Waals surface area contributed by atoms with Crippen LogP contribution in [0.2, 0.25) is 0 Å². The molecule has 3 nitrogen and oxygen atoms in total. The third-order valence-corrected chi connectivity index (χ3v) is 4.80. The highest BCUT2D eigenvalue weighted by Crippen LogP contribution is 2.29. The molecule has 1 saturated carbocycles. The van der Waals surface area contributed by atoms with Gasteiger partial charge in [0.2, 0.25) is 0 Å². The fourth-order valence-corrected chi connectivity index (χ4v) is 3.04. The lowest BCUT2D eigenvalue weighted by Gasteiger charge is -2.29. The topological polar surface area (TPSA) is 32.3 Å². The summed E-state index contributed by atoms with van der Waals surface area (Å²) in [5.41, 5.74) is 0.949. The van der Waals surface area contributed by atoms with Crippen molar-refractivity contribution in [2.75, 3.05) is 6.54 Å². The molecule has 2 aromatic carbocycles. The summed E-state index contributed by atoms with van der Waals surface area (Å²) in [5.74, 6) is -0.556. The molecule has 1 N–H and O–H groups in total. The van der Waals surface area contributed by atoms with Gasteiger partial charge in [0.05, 0.1) is 0 Å². The molecule has 1 fully saturated rings. The number of urea groups is 1. The van der Waals surface area contributed by atoms with Crippen molar-refractivity contribution in [1.82, 2.24) is 10.2 Å². The quantitative estimate of drug-likeness (QED) is 0.803. The Kier molecular flexibility index (Phi) is 5.25. The molecular weight excluding hydrogens is 334 g/mol. The van der Waals surface area contributed by atoms with E-state index in [9.17, 15) is 13.6 Å². The highest BCUT2D eigenvalue weighted by atomic mass is 19.1. The highest BCUT2D eigenvalue weighted by Gasteiger charge is 2.33. The van der Waals surface area contributed by atoms with Gasteiger partial charge in [-0.05, 0) is 42.2 Å². The molecule has 26 heavy (non-hydrogen) atoms. The average molecular weight is 358 g/mol. The lowest BCUT2D eigenvalue weighted by Crippen LogP contribution is -2.45. The van der Waals surface area contributed by atoms with Crippen LogP contribution < -0.4 is 5.32 Å². The van der Waals surface area contributed by atoms with Gasteiger partial charge >= 0.3 is 6.03 Å². The number of amides is 2. The van der Waals surface area contributed by atoms with E-state index in [0.717, 1.165) is 18.4 Å². The van der Waals surface area contributed by atoms with Crippen molar-refractivity contribution in [3.63, 3.8) is 0 Å². The Morgan fingerprint density at radius 2 is 1.77 bits per heavy atom. The van der Waals surface area contributed by atoms with Gasteiger partial charge in [-0.15, -0.1) is 0 Å². The van der Waals surface area contributed by atoms with E-state index in [1.807, 2.05) is 13.8 Å². The van der Waals surface area contributed by atoms with Crippen LogP contribution in [0.5, 0.6) is 0 Å². The van der Waals surface area contributed by atoms with Gasteiger partial charge < -0.3 is 10.2 Å². The number of nitrogens with one attached hydrogen (secondary N) is 1. The van der Waals surface area contributed by atoms with Crippen molar-refractivity contribution in [2.24, 2.45) is 0 Å². The van der Waals surface area contributed by atoms with E-state index in [1.165, 1.54) is 18.2 Å². The molecule has 138 valence electrons. The Balaban J connectivity index is 1.65. The van der Waals surface area contributed by atoms with Crippen molar-refractivity contribution in [3.05, 3.63) is 71.3 Å². The van der Waals surface area contributed by atoms with Crippen LogP contribution in [-0.4, -0.2) is 23.5 Å². The van der Waals surface area contributed by atoms with Crippen molar-refractivity contribution in [2.45, 2.75) is 44.7 Å². The molecule has 0 bridgehead atoms. The number of rotatable bonds is 6. The van der Waals surface area contributed by atoms with E-state index in [4.69, 9.17) is 0 Å². The van der Waals surface area contributed by atoms with E-state index in [1.54, 1.807) is 35.2 Å². The zero-order valence-electron chi connectivity index (χ0n) is 15.1. The summed E-state index contributed by atoms with van der Waals surface area (Å²) >= 11 is 0. The van der Waals surface area contributed by atoms with Crippen LogP contribution in [0.15, 0.2) is 48.5 Å². The van der Waals surface area contributed by atoms with E-state index >= 15 is 0 Å². The average Bonchev–Trinajstić information content (AvgIpc) is 3.44. The molecule has 0 radical (unpaired) electrons. The molecule has 1 aliphatic carbocycles. The minimum absolute atomic E-state index is 0.166. The van der Waals surface area contributed by atoms with E-state index in [0.29, 0.717) is 18.7 Å². The molecule has 0 heterocycles. The van der Waals surface area contributed by atoms with E-state index in [2.05, 4.69) is 5.32 Å². The largest absolute Gasteiger partial charge is 0.337 e.